The molecule has 0 bridgehead atoms. The first-order valence-electron chi connectivity index (χ1n) is 13.3. The smallest absolute Gasteiger partial charge is 0.243 e. The molecule has 7 N–H and O–H groups in total. The van der Waals surface area contributed by atoms with Crippen LogP contribution >= 0.6 is 7.37 Å². The largest absolute Gasteiger partial charge is 0.391 e. The van der Waals surface area contributed by atoms with Crippen LogP contribution in [0.25, 0.3) is 0 Å². The maximum atomic E-state index is 13.0. The number of rotatable bonds is 14. The number of carbonyl (C=O) groups is 3. The van der Waals surface area contributed by atoms with Crippen LogP contribution in [0.4, 0.5) is 0 Å². The summed E-state index contributed by atoms with van der Waals surface area (Å²) in [6, 6.07) is -2.54. The molecule has 1 saturated carbocycles. The van der Waals surface area contributed by atoms with Gasteiger partial charge in [-0.2, -0.15) is 0 Å². The number of nitrogens with one attached hydrogen (secondary N) is 3. The standard InChI is InChI=1S/C25H49N4O6P/c1-15(2)20(26)23(31)28-22(17(5)6)25(33)29-21(16(3)4)24(32)27-12-19(30)14-36(34,35)13-18-10-8-7-9-11-18/h15-22,30H,7-14,26H2,1-6H3,(H,27,32)(H,28,31)(H,29,33)(H,34,35)/t19-,20-,21-,22-/m0/s1. The van der Waals surface area contributed by atoms with E-state index in [2.05, 4.69) is 16.0 Å². The van der Waals surface area contributed by atoms with E-state index in [1.165, 1.54) is 0 Å². The summed E-state index contributed by atoms with van der Waals surface area (Å²) in [4.78, 5) is 48.6. The Balaban J connectivity index is 2.68. The Morgan fingerprint density at radius 3 is 1.86 bits per heavy atom. The minimum absolute atomic E-state index is 0.0987. The summed E-state index contributed by atoms with van der Waals surface area (Å²) in [5.41, 5.74) is 5.90. The highest BCUT2D eigenvalue weighted by Crippen LogP contribution is 2.45. The van der Waals surface area contributed by atoms with Gasteiger partial charge in [0, 0.05) is 12.7 Å². The van der Waals surface area contributed by atoms with Gasteiger partial charge in [-0.1, -0.05) is 60.8 Å². The Bertz CT molecular complexity index is 770. The molecule has 10 nitrogen and oxygen atoms in total. The van der Waals surface area contributed by atoms with Gasteiger partial charge in [-0.25, -0.2) is 0 Å². The second-order valence-electron chi connectivity index (χ2n) is 11.3. The lowest BCUT2D eigenvalue weighted by molar-refractivity contribution is -0.134. The molecular weight excluding hydrogens is 483 g/mol. The molecule has 0 heterocycles. The monoisotopic (exact) mass is 532 g/mol. The molecule has 0 aromatic carbocycles. The number of hydrogen-bond donors (Lipinski definition) is 6. The van der Waals surface area contributed by atoms with Crippen LogP contribution in [0.5, 0.6) is 0 Å². The highest BCUT2D eigenvalue weighted by Gasteiger charge is 2.33. The van der Waals surface area contributed by atoms with Crippen LogP contribution in [0.2, 0.25) is 0 Å². The highest BCUT2D eigenvalue weighted by atomic mass is 31.2. The van der Waals surface area contributed by atoms with Crippen LogP contribution in [0, 0.1) is 23.7 Å². The van der Waals surface area contributed by atoms with Gasteiger partial charge in [-0.3, -0.25) is 18.9 Å². The van der Waals surface area contributed by atoms with Crippen molar-refractivity contribution in [3.63, 3.8) is 0 Å². The molecule has 3 amide bonds. The SMILES string of the molecule is CC(C)[C@H](N)C(=O)N[C@H](C(=O)N[C@H](C(=O)NC[C@H](O)CP(=O)(O)CC1CCCCC1)C(C)C)C(C)C. The number of amides is 3. The summed E-state index contributed by atoms with van der Waals surface area (Å²) in [6.07, 6.45) is 3.92. The first-order chi connectivity index (χ1) is 16.6. The Morgan fingerprint density at radius 1 is 0.861 bits per heavy atom. The fourth-order valence-electron chi connectivity index (χ4n) is 4.44. The van der Waals surface area contributed by atoms with Crippen molar-refractivity contribution in [2.75, 3.05) is 18.9 Å². The third-order valence-electron chi connectivity index (χ3n) is 6.79. The second kappa shape index (κ2) is 15.1. The second-order valence-corrected chi connectivity index (χ2v) is 13.8. The van der Waals surface area contributed by atoms with Gasteiger partial charge < -0.3 is 31.7 Å². The van der Waals surface area contributed by atoms with Gasteiger partial charge in [-0.05, 0) is 36.5 Å². The fourth-order valence-corrected chi connectivity index (χ4v) is 6.54. The Morgan fingerprint density at radius 2 is 1.36 bits per heavy atom. The summed E-state index contributed by atoms with van der Waals surface area (Å²) in [5, 5.41) is 18.3. The number of hydrogen-bond acceptors (Lipinski definition) is 6. The Hall–Kier alpha value is -1.48. The molecule has 1 aliphatic carbocycles. The van der Waals surface area contributed by atoms with Crippen molar-refractivity contribution in [3.8, 4) is 0 Å². The number of aliphatic hydroxyl groups excluding tert-OH is 1. The Labute approximate surface area is 216 Å². The summed E-state index contributed by atoms with van der Waals surface area (Å²) in [5.74, 6) is -1.85. The Kier molecular flexibility index (Phi) is 13.6. The zero-order chi connectivity index (χ0) is 27.6. The molecule has 36 heavy (non-hydrogen) atoms. The molecule has 11 heteroatoms. The van der Waals surface area contributed by atoms with Gasteiger partial charge in [0.25, 0.3) is 0 Å². The van der Waals surface area contributed by atoms with Crippen LogP contribution in [0.1, 0.15) is 73.6 Å². The van der Waals surface area contributed by atoms with Crippen LogP contribution < -0.4 is 21.7 Å². The van der Waals surface area contributed by atoms with E-state index in [1.54, 1.807) is 27.7 Å². The third-order valence-corrected chi connectivity index (χ3v) is 8.87. The van der Waals surface area contributed by atoms with Crippen molar-refractivity contribution in [1.29, 1.82) is 0 Å². The summed E-state index contributed by atoms with van der Waals surface area (Å²) in [7, 11) is -3.52. The quantitative estimate of drug-likeness (QED) is 0.184. The van der Waals surface area contributed by atoms with Gasteiger partial charge in [-0.15, -0.1) is 0 Å². The van der Waals surface area contributed by atoms with Crippen LogP contribution in [-0.4, -0.2) is 70.8 Å². The first kappa shape index (κ1) is 32.5. The molecule has 0 aliphatic heterocycles. The van der Waals surface area contributed by atoms with Gasteiger partial charge >= 0.3 is 0 Å². The predicted molar refractivity (Wildman–Crippen MR) is 142 cm³/mol. The van der Waals surface area contributed by atoms with Crippen molar-refractivity contribution in [2.24, 2.45) is 29.4 Å². The van der Waals surface area contributed by atoms with E-state index in [9.17, 15) is 28.9 Å². The van der Waals surface area contributed by atoms with E-state index >= 15 is 0 Å². The molecule has 5 atom stereocenters. The van der Waals surface area contributed by atoms with E-state index < -0.39 is 49.3 Å². The minimum Gasteiger partial charge on any atom is -0.391 e. The summed E-state index contributed by atoms with van der Waals surface area (Å²) < 4.78 is 12.6. The number of nitrogens with two attached hydrogens (primary N) is 1. The van der Waals surface area contributed by atoms with Gasteiger partial charge in [0.15, 0.2) is 0 Å². The normalized spacial score (nSPS) is 19.9. The lowest BCUT2D eigenvalue weighted by atomic mass is 9.91. The van der Waals surface area contributed by atoms with Crippen molar-refractivity contribution >= 4 is 25.1 Å². The minimum atomic E-state index is -3.52. The molecule has 1 rings (SSSR count). The summed E-state index contributed by atoms with van der Waals surface area (Å²) in [6.45, 7) is 10.5. The van der Waals surface area contributed by atoms with E-state index in [4.69, 9.17) is 5.73 Å². The topological polar surface area (TPSA) is 171 Å². The van der Waals surface area contributed by atoms with Gasteiger partial charge in [0.2, 0.25) is 25.1 Å². The van der Waals surface area contributed by atoms with Crippen molar-refractivity contribution < 1.29 is 28.9 Å². The van der Waals surface area contributed by atoms with Crippen molar-refractivity contribution in [1.82, 2.24) is 16.0 Å². The fraction of sp³-hybridized carbons (Fsp3) is 0.880. The molecule has 0 spiro atoms. The maximum Gasteiger partial charge on any atom is 0.243 e. The number of carbonyl (C=O) groups excluding carboxylic acids is 3. The van der Waals surface area contributed by atoms with E-state index in [1.807, 2.05) is 13.8 Å². The average Bonchev–Trinajstić information content (AvgIpc) is 2.77. The molecule has 1 unspecified atom stereocenters. The van der Waals surface area contributed by atoms with Crippen LogP contribution in [-0.2, 0) is 18.9 Å². The van der Waals surface area contributed by atoms with E-state index in [0.29, 0.717) is 0 Å². The molecule has 210 valence electrons. The average molecular weight is 533 g/mol. The molecule has 0 aromatic heterocycles. The highest BCUT2D eigenvalue weighted by molar-refractivity contribution is 7.58. The van der Waals surface area contributed by atoms with Crippen molar-refractivity contribution in [2.45, 2.75) is 97.9 Å². The van der Waals surface area contributed by atoms with Crippen LogP contribution in [0.3, 0.4) is 0 Å². The first-order valence-corrected chi connectivity index (χ1v) is 15.3. The van der Waals surface area contributed by atoms with Crippen molar-refractivity contribution in [3.05, 3.63) is 0 Å². The van der Waals surface area contributed by atoms with Crippen LogP contribution in [0.15, 0.2) is 0 Å². The van der Waals surface area contributed by atoms with E-state index in [0.717, 1.165) is 32.1 Å². The summed E-state index contributed by atoms with van der Waals surface area (Å²) >= 11 is 0. The molecule has 0 saturated heterocycles. The number of aliphatic hydroxyl groups is 1. The molecule has 0 radical (unpaired) electrons. The lowest BCUT2D eigenvalue weighted by Crippen LogP contribution is -2.59. The molecular formula is C25H49N4O6P. The van der Waals surface area contributed by atoms with E-state index in [-0.39, 0.29) is 42.5 Å². The molecule has 1 fully saturated rings. The molecule has 0 aromatic rings. The third kappa shape index (κ3) is 11.3. The lowest BCUT2D eigenvalue weighted by Gasteiger charge is -2.28. The molecule has 1 aliphatic rings. The zero-order valence-corrected chi connectivity index (χ0v) is 23.7. The van der Waals surface area contributed by atoms with Gasteiger partial charge in [0.05, 0.1) is 18.3 Å². The zero-order valence-electron chi connectivity index (χ0n) is 22.8. The van der Waals surface area contributed by atoms with Gasteiger partial charge in [0.1, 0.15) is 12.1 Å². The maximum absolute atomic E-state index is 13.0. The predicted octanol–water partition coefficient (Wildman–Crippen LogP) is 1.58.